The van der Waals surface area contributed by atoms with Crippen LogP contribution in [0.2, 0.25) is 0 Å². The Morgan fingerprint density at radius 1 is 1.20 bits per heavy atom. The third-order valence-corrected chi connectivity index (χ3v) is 6.83. The highest BCUT2D eigenvalue weighted by Gasteiger charge is 2.66. The third kappa shape index (κ3) is 1.39. The monoisotopic (exact) mass is 271 g/mol. The van der Waals surface area contributed by atoms with Gasteiger partial charge in [-0.1, -0.05) is 13.8 Å². The average molecular weight is 271 g/mol. The van der Waals surface area contributed by atoms with Crippen molar-refractivity contribution < 1.29 is 5.11 Å². The summed E-state index contributed by atoms with van der Waals surface area (Å²) in [6.45, 7) is 4.60. The molecule has 4 aliphatic carbocycles. The van der Waals surface area contributed by atoms with E-state index in [0.29, 0.717) is 0 Å². The highest BCUT2D eigenvalue weighted by molar-refractivity contribution is 5.32. The molecule has 2 heteroatoms. The zero-order valence-corrected chi connectivity index (χ0v) is 12.5. The van der Waals surface area contributed by atoms with Gasteiger partial charge in [-0.15, -0.1) is 0 Å². The van der Waals surface area contributed by atoms with E-state index in [1.807, 2.05) is 0 Å². The molecule has 5 unspecified atom stereocenters. The molecule has 108 valence electrons. The molecule has 5 atom stereocenters. The summed E-state index contributed by atoms with van der Waals surface area (Å²) in [5.41, 5.74) is 2.92. The second-order valence-electron chi connectivity index (χ2n) is 8.66. The molecule has 1 N–H and O–H groups in total. The summed E-state index contributed by atoms with van der Waals surface area (Å²) in [6.07, 6.45) is 8.58. The quantitative estimate of drug-likeness (QED) is 0.827. The molecule has 3 saturated carbocycles. The first kappa shape index (κ1) is 11.9. The van der Waals surface area contributed by atoms with Gasteiger partial charge >= 0.3 is 0 Å². The van der Waals surface area contributed by atoms with Crippen LogP contribution in [-0.2, 0) is 6.42 Å². The first-order valence-corrected chi connectivity index (χ1v) is 8.43. The predicted octanol–water partition coefficient (Wildman–Crippen LogP) is 3.71. The Kier molecular flexibility index (Phi) is 2.09. The van der Waals surface area contributed by atoms with E-state index < -0.39 is 0 Å². The van der Waals surface area contributed by atoms with Gasteiger partial charge in [0.15, 0.2) is 0 Å². The topological polar surface area (TPSA) is 25.2 Å². The number of nitrogens with zero attached hydrogens (tertiary/aromatic N) is 1. The summed E-state index contributed by atoms with van der Waals surface area (Å²) < 4.78 is 2.58. The third-order valence-electron chi connectivity index (χ3n) is 6.83. The highest BCUT2D eigenvalue weighted by Crippen LogP contribution is 2.72. The van der Waals surface area contributed by atoms with Crippen LogP contribution in [0.15, 0.2) is 12.3 Å². The van der Waals surface area contributed by atoms with Crippen LogP contribution >= 0.6 is 0 Å². The van der Waals surface area contributed by atoms with Gasteiger partial charge in [-0.3, -0.25) is 0 Å². The predicted molar refractivity (Wildman–Crippen MR) is 78.3 cm³/mol. The van der Waals surface area contributed by atoms with Crippen LogP contribution in [0.3, 0.4) is 0 Å². The van der Waals surface area contributed by atoms with Gasteiger partial charge in [-0.25, -0.2) is 0 Å². The van der Waals surface area contributed by atoms with Crippen molar-refractivity contribution in [2.24, 2.45) is 29.1 Å². The van der Waals surface area contributed by atoms with Gasteiger partial charge < -0.3 is 9.67 Å². The van der Waals surface area contributed by atoms with Gasteiger partial charge in [-0.05, 0) is 67.3 Å². The van der Waals surface area contributed by atoms with Crippen LogP contribution in [0.5, 0.6) is 0 Å². The fourth-order valence-corrected chi connectivity index (χ4v) is 6.08. The fourth-order valence-electron chi connectivity index (χ4n) is 6.08. The van der Waals surface area contributed by atoms with Crippen molar-refractivity contribution >= 4 is 0 Å². The summed E-state index contributed by atoms with van der Waals surface area (Å²) in [5.74, 6) is 4.00. The molecule has 4 aliphatic rings. The number of aliphatic hydroxyl groups excluding tert-OH is 1. The zero-order valence-electron chi connectivity index (χ0n) is 12.5. The van der Waals surface area contributed by atoms with Crippen LogP contribution in [0.25, 0.3) is 0 Å². The number of aromatic nitrogens is 1. The number of aliphatic hydroxyl groups is 1. The number of fused-ring (bicyclic) bond motifs is 6. The first-order valence-electron chi connectivity index (χ1n) is 8.43. The lowest BCUT2D eigenvalue weighted by atomic mass is 9.75. The van der Waals surface area contributed by atoms with E-state index in [1.165, 1.54) is 30.5 Å². The summed E-state index contributed by atoms with van der Waals surface area (Å²) in [5, 5.41) is 10.4. The lowest BCUT2D eigenvalue weighted by Gasteiger charge is -2.34. The van der Waals surface area contributed by atoms with Crippen molar-refractivity contribution in [2.75, 3.05) is 0 Å². The standard InChI is InChI=1S/C18H25NO/c1-18(2)8-13-12(14(20)9-18)5-6-19(13)17-15-10-3-4-11(7-10)16(15)17/h5-6,10-11,14-17,20H,3-4,7-9H2,1-2H3. The van der Waals surface area contributed by atoms with Crippen molar-refractivity contribution in [2.45, 2.75) is 58.1 Å². The van der Waals surface area contributed by atoms with E-state index in [9.17, 15) is 5.11 Å². The summed E-state index contributed by atoms with van der Waals surface area (Å²) in [7, 11) is 0. The zero-order chi connectivity index (χ0) is 13.6. The van der Waals surface area contributed by atoms with Crippen molar-refractivity contribution in [1.82, 2.24) is 4.57 Å². The van der Waals surface area contributed by atoms with Crippen molar-refractivity contribution in [3.05, 3.63) is 23.5 Å². The molecule has 20 heavy (non-hydrogen) atoms. The van der Waals surface area contributed by atoms with Gasteiger partial charge in [-0.2, -0.15) is 0 Å². The Morgan fingerprint density at radius 2 is 1.90 bits per heavy atom. The highest BCUT2D eigenvalue weighted by atomic mass is 16.3. The Labute approximate surface area is 121 Å². The Balaban J connectivity index is 1.52. The molecule has 2 nitrogen and oxygen atoms in total. The maximum absolute atomic E-state index is 10.4. The molecule has 1 aromatic rings. The summed E-state index contributed by atoms with van der Waals surface area (Å²) in [4.78, 5) is 0. The first-order chi connectivity index (χ1) is 9.55. The SMILES string of the molecule is CC1(C)Cc2c(ccn2C2C3C4CCC(C4)C32)C(O)C1. The Bertz CT molecular complexity index is 556. The molecule has 0 aliphatic heterocycles. The van der Waals surface area contributed by atoms with Crippen LogP contribution < -0.4 is 0 Å². The Morgan fingerprint density at radius 3 is 2.60 bits per heavy atom. The van der Waals surface area contributed by atoms with Gasteiger partial charge in [0.1, 0.15) is 0 Å². The second kappa shape index (κ2) is 3.52. The number of hydrogen-bond donors (Lipinski definition) is 1. The van der Waals surface area contributed by atoms with E-state index in [4.69, 9.17) is 0 Å². The second-order valence-corrected chi connectivity index (χ2v) is 8.66. The van der Waals surface area contributed by atoms with Gasteiger partial charge in [0, 0.05) is 23.5 Å². The van der Waals surface area contributed by atoms with Crippen molar-refractivity contribution in [3.63, 3.8) is 0 Å². The molecular weight excluding hydrogens is 246 g/mol. The van der Waals surface area contributed by atoms with Crippen LogP contribution in [0.1, 0.15) is 62.9 Å². The largest absolute Gasteiger partial charge is 0.388 e. The van der Waals surface area contributed by atoms with E-state index in [1.54, 1.807) is 0 Å². The smallest absolute Gasteiger partial charge is 0.0812 e. The van der Waals surface area contributed by atoms with E-state index in [2.05, 4.69) is 30.7 Å². The van der Waals surface area contributed by atoms with Gasteiger partial charge in [0.2, 0.25) is 0 Å². The van der Waals surface area contributed by atoms with Gasteiger partial charge in [0.25, 0.3) is 0 Å². The lowest BCUT2D eigenvalue weighted by molar-refractivity contribution is 0.0977. The molecule has 0 saturated heterocycles. The fraction of sp³-hybridized carbons (Fsp3) is 0.778. The van der Waals surface area contributed by atoms with Crippen LogP contribution in [-0.4, -0.2) is 9.67 Å². The maximum atomic E-state index is 10.4. The molecule has 5 rings (SSSR count). The molecule has 3 fully saturated rings. The number of rotatable bonds is 1. The molecule has 0 radical (unpaired) electrons. The molecule has 0 aromatic carbocycles. The van der Waals surface area contributed by atoms with Crippen LogP contribution in [0, 0.1) is 29.1 Å². The molecule has 0 amide bonds. The molecule has 0 spiro atoms. The van der Waals surface area contributed by atoms with Crippen LogP contribution in [0.4, 0.5) is 0 Å². The van der Waals surface area contributed by atoms with E-state index in [-0.39, 0.29) is 11.5 Å². The maximum Gasteiger partial charge on any atom is 0.0812 e. The lowest BCUT2D eigenvalue weighted by Crippen LogP contribution is -2.27. The normalized spacial score (nSPS) is 47.1. The molecular formula is C18H25NO. The minimum Gasteiger partial charge on any atom is -0.388 e. The Hall–Kier alpha value is -0.760. The van der Waals surface area contributed by atoms with Gasteiger partial charge in [0.05, 0.1) is 6.10 Å². The number of hydrogen-bond acceptors (Lipinski definition) is 1. The van der Waals surface area contributed by atoms with E-state index >= 15 is 0 Å². The molecule has 1 aromatic heterocycles. The average Bonchev–Trinajstić information content (AvgIpc) is 2.77. The minimum atomic E-state index is -0.245. The summed E-state index contributed by atoms with van der Waals surface area (Å²) >= 11 is 0. The summed E-state index contributed by atoms with van der Waals surface area (Å²) in [6, 6.07) is 2.98. The minimum absolute atomic E-state index is 0.242. The molecule has 2 bridgehead atoms. The van der Waals surface area contributed by atoms with Crippen molar-refractivity contribution in [3.8, 4) is 0 Å². The van der Waals surface area contributed by atoms with E-state index in [0.717, 1.165) is 42.6 Å². The molecule has 1 heterocycles. The van der Waals surface area contributed by atoms with Crippen molar-refractivity contribution in [1.29, 1.82) is 0 Å².